The molecule has 8 nitrogen and oxygen atoms in total. The number of amides is 1. The van der Waals surface area contributed by atoms with Gasteiger partial charge in [-0.15, -0.1) is 0 Å². The zero-order valence-electron chi connectivity index (χ0n) is 16.2. The third kappa shape index (κ3) is 3.27. The van der Waals surface area contributed by atoms with E-state index in [1.54, 1.807) is 24.5 Å². The molecular weight excluding hydrogens is 378 g/mol. The van der Waals surface area contributed by atoms with Gasteiger partial charge in [0.15, 0.2) is 0 Å². The highest BCUT2D eigenvalue weighted by atomic mass is 16.1. The topological polar surface area (TPSA) is 110 Å². The van der Waals surface area contributed by atoms with Crippen LogP contribution in [0.4, 0.5) is 11.6 Å². The van der Waals surface area contributed by atoms with Crippen molar-refractivity contribution in [3.63, 3.8) is 0 Å². The Labute approximate surface area is 173 Å². The van der Waals surface area contributed by atoms with Crippen LogP contribution in [0.15, 0.2) is 61.1 Å². The van der Waals surface area contributed by atoms with Gasteiger partial charge in [0.25, 0.3) is 5.91 Å². The number of imidazole rings is 1. The summed E-state index contributed by atoms with van der Waals surface area (Å²) in [5, 5.41) is 6.34. The number of carbonyl (C=O) groups excluding carboxylic acids is 1. The van der Waals surface area contributed by atoms with Crippen LogP contribution in [-0.4, -0.2) is 31.8 Å². The van der Waals surface area contributed by atoms with E-state index in [0.29, 0.717) is 17.2 Å². The molecule has 150 valence electrons. The molecule has 5 rings (SSSR count). The van der Waals surface area contributed by atoms with Crippen molar-refractivity contribution < 1.29 is 4.79 Å². The molecule has 1 aliphatic rings. The number of nitrogens with zero attached hydrogens (tertiary/aromatic N) is 4. The predicted molar refractivity (Wildman–Crippen MR) is 115 cm³/mol. The lowest BCUT2D eigenvalue weighted by atomic mass is 10.1. The second kappa shape index (κ2) is 7.57. The van der Waals surface area contributed by atoms with Crippen LogP contribution >= 0.6 is 0 Å². The fraction of sp³-hybridized carbons (Fsp3) is 0.182. The molecule has 0 spiro atoms. The number of benzene rings is 1. The number of nitrogen functional groups attached to an aromatic ring is 1. The van der Waals surface area contributed by atoms with Crippen molar-refractivity contribution in [2.45, 2.75) is 18.9 Å². The maximum absolute atomic E-state index is 12.5. The van der Waals surface area contributed by atoms with E-state index in [2.05, 4.69) is 20.6 Å². The minimum absolute atomic E-state index is 0.173. The van der Waals surface area contributed by atoms with Gasteiger partial charge in [-0.05, 0) is 43.7 Å². The molecule has 30 heavy (non-hydrogen) atoms. The summed E-state index contributed by atoms with van der Waals surface area (Å²) >= 11 is 0. The Kier molecular flexibility index (Phi) is 4.61. The summed E-state index contributed by atoms with van der Waals surface area (Å²) in [6, 6.07) is 12.9. The van der Waals surface area contributed by atoms with Crippen molar-refractivity contribution >= 4 is 23.1 Å². The molecule has 0 unspecified atom stereocenters. The Bertz CT molecular complexity index is 1210. The average Bonchev–Trinajstić information content (AvgIpc) is 3.43. The van der Waals surface area contributed by atoms with Gasteiger partial charge in [0.2, 0.25) is 0 Å². The molecular formula is C22H21N7O. The monoisotopic (exact) mass is 399 g/mol. The molecule has 1 aromatic carbocycles. The van der Waals surface area contributed by atoms with E-state index in [0.717, 1.165) is 42.0 Å². The summed E-state index contributed by atoms with van der Waals surface area (Å²) in [5.41, 5.74) is 9.09. The van der Waals surface area contributed by atoms with Gasteiger partial charge in [0.05, 0.1) is 6.04 Å². The maximum atomic E-state index is 12.5. The van der Waals surface area contributed by atoms with Gasteiger partial charge in [0, 0.05) is 29.7 Å². The zero-order valence-corrected chi connectivity index (χ0v) is 16.2. The van der Waals surface area contributed by atoms with Crippen molar-refractivity contribution in [2.24, 2.45) is 0 Å². The van der Waals surface area contributed by atoms with Crippen LogP contribution in [0.25, 0.3) is 16.8 Å². The largest absolute Gasteiger partial charge is 0.382 e. The van der Waals surface area contributed by atoms with Crippen LogP contribution in [-0.2, 0) is 0 Å². The van der Waals surface area contributed by atoms with Crippen molar-refractivity contribution in [3.8, 4) is 11.3 Å². The SMILES string of the molecule is Nc1nccn2c([C@@H]3CCCN3)nc(-c3ccnc(NC(=O)c4ccccc4)c3)c12. The first-order valence-electron chi connectivity index (χ1n) is 9.89. The Morgan fingerprint density at radius 1 is 1.17 bits per heavy atom. The van der Waals surface area contributed by atoms with E-state index >= 15 is 0 Å². The number of nitrogens with two attached hydrogens (primary N) is 1. The van der Waals surface area contributed by atoms with Crippen LogP contribution in [0.1, 0.15) is 35.1 Å². The van der Waals surface area contributed by atoms with Gasteiger partial charge in [-0.25, -0.2) is 15.0 Å². The molecule has 1 atom stereocenters. The second-order valence-corrected chi connectivity index (χ2v) is 7.25. The van der Waals surface area contributed by atoms with E-state index in [4.69, 9.17) is 10.7 Å². The number of rotatable bonds is 4. The van der Waals surface area contributed by atoms with Gasteiger partial charge in [-0.1, -0.05) is 18.2 Å². The number of fused-ring (bicyclic) bond motifs is 1. The molecule has 4 N–H and O–H groups in total. The van der Waals surface area contributed by atoms with Crippen LogP contribution in [0, 0.1) is 0 Å². The number of hydrogen-bond donors (Lipinski definition) is 3. The van der Waals surface area contributed by atoms with Crippen LogP contribution in [0.2, 0.25) is 0 Å². The van der Waals surface area contributed by atoms with Crippen molar-refractivity contribution in [2.75, 3.05) is 17.6 Å². The Balaban J connectivity index is 1.54. The first kappa shape index (κ1) is 18.3. The minimum Gasteiger partial charge on any atom is -0.382 e. The molecule has 0 bridgehead atoms. The van der Waals surface area contributed by atoms with Crippen molar-refractivity contribution in [3.05, 3.63) is 72.4 Å². The van der Waals surface area contributed by atoms with Crippen LogP contribution in [0.3, 0.4) is 0 Å². The van der Waals surface area contributed by atoms with Gasteiger partial charge >= 0.3 is 0 Å². The summed E-state index contributed by atoms with van der Waals surface area (Å²) in [5.74, 6) is 1.56. The third-order valence-electron chi connectivity index (χ3n) is 5.29. The fourth-order valence-corrected chi connectivity index (χ4v) is 3.86. The quantitative estimate of drug-likeness (QED) is 0.486. The number of nitrogens with one attached hydrogen (secondary N) is 2. The lowest BCUT2D eigenvalue weighted by Gasteiger charge is -2.08. The van der Waals surface area contributed by atoms with Crippen LogP contribution in [0.5, 0.6) is 0 Å². The van der Waals surface area contributed by atoms with Crippen molar-refractivity contribution in [1.82, 2.24) is 24.7 Å². The smallest absolute Gasteiger partial charge is 0.256 e. The maximum Gasteiger partial charge on any atom is 0.256 e. The van der Waals surface area contributed by atoms with E-state index in [1.165, 1.54) is 0 Å². The van der Waals surface area contributed by atoms with Gasteiger partial charge in [-0.3, -0.25) is 9.20 Å². The molecule has 0 aliphatic carbocycles. The fourth-order valence-electron chi connectivity index (χ4n) is 3.86. The van der Waals surface area contributed by atoms with Crippen molar-refractivity contribution in [1.29, 1.82) is 0 Å². The normalized spacial score (nSPS) is 16.1. The van der Waals surface area contributed by atoms with E-state index in [-0.39, 0.29) is 11.9 Å². The van der Waals surface area contributed by atoms with Gasteiger partial charge in [0.1, 0.15) is 28.7 Å². The third-order valence-corrected chi connectivity index (χ3v) is 5.29. The number of pyridine rings is 1. The molecule has 3 aromatic heterocycles. The number of aromatic nitrogens is 4. The molecule has 1 aliphatic heterocycles. The first-order chi connectivity index (χ1) is 14.7. The Hall–Kier alpha value is -3.78. The highest BCUT2D eigenvalue weighted by Crippen LogP contribution is 2.32. The summed E-state index contributed by atoms with van der Waals surface area (Å²) in [6.07, 6.45) is 7.36. The lowest BCUT2D eigenvalue weighted by molar-refractivity contribution is 0.102. The molecule has 0 radical (unpaired) electrons. The molecule has 0 saturated carbocycles. The molecule has 4 heterocycles. The minimum atomic E-state index is -0.216. The van der Waals surface area contributed by atoms with E-state index in [9.17, 15) is 4.79 Å². The summed E-state index contributed by atoms with van der Waals surface area (Å²) in [4.78, 5) is 26.0. The predicted octanol–water partition coefficient (Wildman–Crippen LogP) is 3.05. The molecule has 8 heteroatoms. The summed E-state index contributed by atoms with van der Waals surface area (Å²) in [6.45, 7) is 0.973. The Morgan fingerprint density at radius 2 is 2.03 bits per heavy atom. The summed E-state index contributed by atoms with van der Waals surface area (Å²) < 4.78 is 2.00. The molecule has 1 saturated heterocycles. The lowest BCUT2D eigenvalue weighted by Crippen LogP contribution is -2.16. The highest BCUT2D eigenvalue weighted by molar-refractivity contribution is 6.04. The number of hydrogen-bond acceptors (Lipinski definition) is 6. The Morgan fingerprint density at radius 3 is 2.83 bits per heavy atom. The van der Waals surface area contributed by atoms with Gasteiger partial charge in [-0.2, -0.15) is 0 Å². The second-order valence-electron chi connectivity index (χ2n) is 7.25. The molecule has 1 fully saturated rings. The zero-order chi connectivity index (χ0) is 20.5. The van der Waals surface area contributed by atoms with E-state index in [1.807, 2.05) is 40.9 Å². The molecule has 1 amide bonds. The number of carbonyl (C=O) groups is 1. The number of anilines is 2. The van der Waals surface area contributed by atoms with Gasteiger partial charge < -0.3 is 16.4 Å². The first-order valence-corrected chi connectivity index (χ1v) is 9.89. The summed E-state index contributed by atoms with van der Waals surface area (Å²) in [7, 11) is 0. The molecule has 4 aromatic rings. The van der Waals surface area contributed by atoms with E-state index < -0.39 is 0 Å². The standard InChI is InChI=1S/C22H21N7O/c23-20-19-18(28-21(16-7-4-9-24-16)29(19)12-11-26-20)15-8-10-25-17(13-15)27-22(30)14-5-2-1-3-6-14/h1-3,5-6,8,10-13,16,24H,4,7,9H2,(H2,23,26)(H,25,27,30)/t16-/m0/s1. The highest BCUT2D eigenvalue weighted by Gasteiger charge is 2.24. The van der Waals surface area contributed by atoms with Crippen LogP contribution < -0.4 is 16.4 Å². The average molecular weight is 399 g/mol.